The highest BCUT2D eigenvalue weighted by atomic mass is 32.1. The number of aromatic nitrogens is 3. The Labute approximate surface area is 327 Å². The lowest BCUT2D eigenvalue weighted by Crippen LogP contribution is -2.00. The third kappa shape index (κ3) is 5.48. The molecular formula is C51H31N3OS. The molecular weight excluding hydrogens is 703 g/mol. The second kappa shape index (κ2) is 13.3. The first-order valence-corrected chi connectivity index (χ1v) is 19.5. The van der Waals surface area contributed by atoms with E-state index >= 15 is 0 Å². The molecule has 0 aliphatic heterocycles. The first-order chi connectivity index (χ1) is 27.7. The summed E-state index contributed by atoms with van der Waals surface area (Å²) >= 11 is 1.83. The van der Waals surface area contributed by atoms with Crippen molar-refractivity contribution < 1.29 is 4.42 Å². The lowest BCUT2D eigenvalue weighted by Gasteiger charge is -2.12. The van der Waals surface area contributed by atoms with E-state index in [4.69, 9.17) is 19.4 Å². The molecule has 0 atom stereocenters. The summed E-state index contributed by atoms with van der Waals surface area (Å²) in [6.07, 6.45) is 0. The van der Waals surface area contributed by atoms with Gasteiger partial charge < -0.3 is 4.42 Å². The maximum Gasteiger partial charge on any atom is 0.164 e. The Bertz CT molecular complexity index is 3170. The third-order valence-electron chi connectivity index (χ3n) is 10.6. The van der Waals surface area contributed by atoms with Gasteiger partial charge in [-0.25, -0.2) is 15.0 Å². The van der Waals surface area contributed by atoms with Crippen molar-refractivity contribution in [1.29, 1.82) is 0 Å². The average Bonchev–Trinajstić information content (AvgIpc) is 3.86. The molecule has 11 rings (SSSR count). The lowest BCUT2D eigenvalue weighted by molar-refractivity contribution is 0.669. The molecule has 0 radical (unpaired) electrons. The van der Waals surface area contributed by atoms with Gasteiger partial charge in [0, 0.05) is 47.6 Å². The van der Waals surface area contributed by atoms with Gasteiger partial charge in [0.1, 0.15) is 11.2 Å². The van der Waals surface area contributed by atoms with Gasteiger partial charge in [0.15, 0.2) is 17.5 Å². The summed E-state index contributed by atoms with van der Waals surface area (Å²) in [6.45, 7) is 0. The number of nitrogens with zero attached hydrogens (tertiary/aromatic N) is 3. The van der Waals surface area contributed by atoms with Crippen molar-refractivity contribution in [2.45, 2.75) is 0 Å². The van der Waals surface area contributed by atoms with Gasteiger partial charge in [0.2, 0.25) is 0 Å². The van der Waals surface area contributed by atoms with Crippen LogP contribution >= 0.6 is 11.3 Å². The predicted octanol–water partition coefficient (Wildman–Crippen LogP) is 14.1. The van der Waals surface area contributed by atoms with E-state index < -0.39 is 0 Å². The van der Waals surface area contributed by atoms with Crippen LogP contribution in [-0.2, 0) is 0 Å². The van der Waals surface area contributed by atoms with Crippen LogP contribution in [0.25, 0.3) is 110 Å². The van der Waals surface area contributed by atoms with Crippen LogP contribution in [0.5, 0.6) is 0 Å². The molecule has 262 valence electrons. The molecule has 11 aromatic rings. The van der Waals surface area contributed by atoms with Gasteiger partial charge in [-0.1, -0.05) is 164 Å². The fraction of sp³-hybridized carbons (Fsp3) is 0. The number of furan rings is 1. The molecule has 3 heterocycles. The molecule has 0 N–H and O–H groups in total. The maximum atomic E-state index is 6.21. The van der Waals surface area contributed by atoms with Crippen molar-refractivity contribution in [3.63, 3.8) is 0 Å². The Balaban J connectivity index is 1.17. The molecule has 8 aromatic carbocycles. The van der Waals surface area contributed by atoms with E-state index in [-0.39, 0.29) is 0 Å². The molecule has 0 saturated carbocycles. The Kier molecular flexibility index (Phi) is 7.64. The summed E-state index contributed by atoms with van der Waals surface area (Å²) in [5.41, 5.74) is 11.7. The Morgan fingerprint density at radius 2 is 0.839 bits per heavy atom. The van der Waals surface area contributed by atoms with Gasteiger partial charge in [-0.05, 0) is 57.6 Å². The predicted molar refractivity (Wildman–Crippen MR) is 233 cm³/mol. The number of rotatable bonds is 6. The molecule has 0 fully saturated rings. The minimum absolute atomic E-state index is 0.643. The minimum atomic E-state index is 0.643. The molecule has 3 aromatic heterocycles. The summed E-state index contributed by atoms with van der Waals surface area (Å²) in [7, 11) is 0. The molecule has 0 aliphatic carbocycles. The van der Waals surface area contributed by atoms with E-state index in [1.165, 1.54) is 37.0 Å². The van der Waals surface area contributed by atoms with Gasteiger partial charge in [-0.3, -0.25) is 0 Å². The van der Waals surface area contributed by atoms with Crippen molar-refractivity contribution in [3.8, 4) is 67.5 Å². The zero-order valence-electron chi connectivity index (χ0n) is 30.1. The quantitative estimate of drug-likeness (QED) is 0.171. The van der Waals surface area contributed by atoms with E-state index in [0.29, 0.717) is 17.5 Å². The second-order valence-electron chi connectivity index (χ2n) is 13.9. The highest BCUT2D eigenvalue weighted by Gasteiger charge is 2.21. The SMILES string of the molecule is c1ccc(-c2ccc(-c3ccc(-c4nc(-c5ccccc5)nc(-c5ccccc5)n4)c4c3sc3c(-c5ccc6oc7ccccc7c6c5)cccc34)cc2)cc1. The van der Waals surface area contributed by atoms with E-state index in [1.807, 2.05) is 59.9 Å². The van der Waals surface area contributed by atoms with Crippen LogP contribution in [0.15, 0.2) is 192 Å². The monoisotopic (exact) mass is 733 g/mol. The van der Waals surface area contributed by atoms with Crippen LogP contribution in [0.2, 0.25) is 0 Å². The zero-order valence-corrected chi connectivity index (χ0v) is 30.9. The summed E-state index contributed by atoms with van der Waals surface area (Å²) in [5, 5.41) is 4.54. The van der Waals surface area contributed by atoms with E-state index in [9.17, 15) is 0 Å². The minimum Gasteiger partial charge on any atom is -0.456 e. The molecule has 0 bridgehead atoms. The van der Waals surface area contributed by atoms with Crippen molar-refractivity contribution in [2.75, 3.05) is 0 Å². The summed E-state index contributed by atoms with van der Waals surface area (Å²) in [5.74, 6) is 1.93. The smallest absolute Gasteiger partial charge is 0.164 e. The first-order valence-electron chi connectivity index (χ1n) is 18.7. The molecule has 0 spiro atoms. The summed E-state index contributed by atoms with van der Waals surface area (Å²) in [4.78, 5) is 15.4. The molecule has 0 saturated heterocycles. The van der Waals surface area contributed by atoms with Crippen LogP contribution in [0.4, 0.5) is 0 Å². The third-order valence-corrected chi connectivity index (χ3v) is 11.8. The van der Waals surface area contributed by atoms with Gasteiger partial charge in [-0.15, -0.1) is 11.3 Å². The zero-order chi connectivity index (χ0) is 37.0. The molecule has 4 nitrogen and oxygen atoms in total. The Hall–Kier alpha value is -7.21. The average molecular weight is 734 g/mol. The maximum absolute atomic E-state index is 6.21. The fourth-order valence-corrected chi connectivity index (χ4v) is 9.24. The number of para-hydroxylation sites is 1. The normalized spacial score (nSPS) is 11.6. The van der Waals surface area contributed by atoms with Crippen LogP contribution in [0.1, 0.15) is 0 Å². The Morgan fingerprint density at radius 3 is 1.55 bits per heavy atom. The number of hydrogen-bond donors (Lipinski definition) is 0. The molecule has 56 heavy (non-hydrogen) atoms. The summed E-state index contributed by atoms with van der Waals surface area (Å²) in [6, 6.07) is 65.7. The van der Waals surface area contributed by atoms with Crippen molar-refractivity contribution in [2.24, 2.45) is 0 Å². The van der Waals surface area contributed by atoms with E-state index in [1.54, 1.807) is 0 Å². The van der Waals surface area contributed by atoms with Gasteiger partial charge in [-0.2, -0.15) is 0 Å². The topological polar surface area (TPSA) is 51.8 Å². The second-order valence-corrected chi connectivity index (χ2v) is 15.0. The Morgan fingerprint density at radius 1 is 0.321 bits per heavy atom. The van der Waals surface area contributed by atoms with Crippen molar-refractivity contribution >= 4 is 53.4 Å². The summed E-state index contributed by atoms with van der Waals surface area (Å²) < 4.78 is 8.61. The van der Waals surface area contributed by atoms with Gasteiger partial charge in [0.05, 0.1) is 0 Å². The first kappa shape index (κ1) is 32.2. The molecule has 5 heteroatoms. The number of hydrogen-bond acceptors (Lipinski definition) is 5. The number of benzene rings is 8. The number of fused-ring (bicyclic) bond motifs is 6. The van der Waals surface area contributed by atoms with E-state index in [0.717, 1.165) is 55.1 Å². The highest BCUT2D eigenvalue weighted by molar-refractivity contribution is 7.27. The molecule has 0 aliphatic rings. The van der Waals surface area contributed by atoms with Gasteiger partial charge >= 0.3 is 0 Å². The highest BCUT2D eigenvalue weighted by Crippen LogP contribution is 2.48. The molecule has 0 amide bonds. The number of thiophene rings is 1. The largest absolute Gasteiger partial charge is 0.456 e. The molecule has 0 unspecified atom stereocenters. The van der Waals surface area contributed by atoms with Crippen LogP contribution in [0, 0.1) is 0 Å². The van der Waals surface area contributed by atoms with Crippen LogP contribution in [0.3, 0.4) is 0 Å². The van der Waals surface area contributed by atoms with Crippen molar-refractivity contribution in [1.82, 2.24) is 15.0 Å². The van der Waals surface area contributed by atoms with E-state index in [2.05, 4.69) is 140 Å². The van der Waals surface area contributed by atoms with Gasteiger partial charge in [0.25, 0.3) is 0 Å². The van der Waals surface area contributed by atoms with Crippen molar-refractivity contribution in [3.05, 3.63) is 188 Å². The van der Waals surface area contributed by atoms with Crippen LogP contribution < -0.4 is 0 Å². The van der Waals surface area contributed by atoms with Crippen LogP contribution in [-0.4, -0.2) is 15.0 Å². The standard InChI is InChI=1S/C51H31N3OS/c1-4-13-32(14-5-1)33-23-25-34(26-24-33)39-28-29-42(51-53-49(35-15-6-2-7-16-35)52-50(54-51)36-17-8-3-9-18-36)46-41-21-12-20-38(47(41)56-48(39)46)37-27-30-45-43(31-37)40-19-10-11-22-44(40)55-45/h1-31H. The lowest BCUT2D eigenvalue weighted by atomic mass is 9.95. The fourth-order valence-electron chi connectivity index (χ4n) is 7.84.